The Morgan fingerprint density at radius 3 is 2.59 bits per heavy atom. The minimum atomic E-state index is -0.698. The Bertz CT molecular complexity index is 872. The van der Waals surface area contributed by atoms with Gasteiger partial charge in [-0.2, -0.15) is 0 Å². The Kier molecular flexibility index (Phi) is 7.30. The van der Waals surface area contributed by atoms with Gasteiger partial charge >= 0.3 is 17.8 Å². The average molecular weight is 413 g/mol. The summed E-state index contributed by atoms with van der Waals surface area (Å²) in [7, 11) is 0. The third-order valence-corrected chi connectivity index (χ3v) is 5.71. The molecule has 1 N–H and O–H groups in total. The molecular weight excluding hydrogens is 388 g/mol. The maximum absolute atomic E-state index is 12.7. The number of ether oxygens (including phenoxy) is 1. The number of likely N-dealkylation sites (tertiary alicyclic amines) is 1. The summed E-state index contributed by atoms with van der Waals surface area (Å²) >= 11 is 1.51. The van der Waals surface area contributed by atoms with Crippen LogP contribution >= 0.6 is 11.8 Å². The molecule has 0 saturated carbocycles. The monoisotopic (exact) mass is 412 g/mol. The van der Waals surface area contributed by atoms with E-state index in [-0.39, 0.29) is 18.4 Å². The van der Waals surface area contributed by atoms with Crippen LogP contribution in [0.1, 0.15) is 19.8 Å². The van der Waals surface area contributed by atoms with Crippen LogP contribution in [0.15, 0.2) is 64.4 Å². The largest absolute Gasteiger partial charge is 0.466 e. The average Bonchev–Trinajstić information content (AvgIpc) is 2.75. The van der Waals surface area contributed by atoms with Gasteiger partial charge in [-0.1, -0.05) is 42.1 Å². The van der Waals surface area contributed by atoms with Crippen molar-refractivity contribution in [1.82, 2.24) is 4.90 Å². The molecule has 3 rings (SSSR count). The summed E-state index contributed by atoms with van der Waals surface area (Å²) in [5.74, 6) is -2.01. The first-order valence-electron chi connectivity index (χ1n) is 9.67. The Hall–Kier alpha value is -2.80. The van der Waals surface area contributed by atoms with Gasteiger partial charge in [-0.15, -0.1) is 0 Å². The maximum atomic E-state index is 12.7. The van der Waals surface area contributed by atoms with E-state index in [4.69, 9.17) is 4.74 Å². The number of esters is 1. The highest BCUT2D eigenvalue weighted by molar-refractivity contribution is 7.99. The van der Waals surface area contributed by atoms with Crippen molar-refractivity contribution in [2.75, 3.05) is 25.0 Å². The van der Waals surface area contributed by atoms with Gasteiger partial charge in [-0.3, -0.25) is 14.4 Å². The second-order valence-electron chi connectivity index (χ2n) is 6.71. The first-order valence-corrected chi connectivity index (χ1v) is 10.5. The number of nitrogens with one attached hydrogen (secondary N) is 1. The number of rotatable bonds is 5. The maximum Gasteiger partial charge on any atom is 0.313 e. The second-order valence-corrected chi connectivity index (χ2v) is 7.82. The number of anilines is 1. The van der Waals surface area contributed by atoms with Crippen LogP contribution in [0.5, 0.6) is 0 Å². The van der Waals surface area contributed by atoms with Crippen molar-refractivity contribution in [2.24, 2.45) is 5.92 Å². The van der Waals surface area contributed by atoms with Crippen molar-refractivity contribution in [2.45, 2.75) is 29.6 Å². The molecule has 2 amide bonds. The van der Waals surface area contributed by atoms with Crippen molar-refractivity contribution < 1.29 is 19.1 Å². The predicted molar refractivity (Wildman–Crippen MR) is 112 cm³/mol. The Morgan fingerprint density at radius 2 is 1.83 bits per heavy atom. The summed E-state index contributed by atoms with van der Waals surface area (Å²) < 4.78 is 5.06. The summed E-state index contributed by atoms with van der Waals surface area (Å²) in [6, 6.07) is 17.2. The molecule has 2 aromatic carbocycles. The van der Waals surface area contributed by atoms with Crippen molar-refractivity contribution in [1.29, 1.82) is 0 Å². The molecule has 29 heavy (non-hydrogen) atoms. The summed E-state index contributed by atoms with van der Waals surface area (Å²) in [5.41, 5.74) is 0.582. The normalized spacial score (nSPS) is 16.2. The van der Waals surface area contributed by atoms with E-state index in [0.29, 0.717) is 31.7 Å². The van der Waals surface area contributed by atoms with E-state index < -0.39 is 11.8 Å². The number of hydrogen-bond donors (Lipinski definition) is 1. The standard InChI is InChI=1S/C22H24N2O4S/c1-2-28-22(27)16-9-8-14-24(15-16)21(26)20(25)23-18-12-6-7-13-19(18)29-17-10-4-3-5-11-17/h3-7,10-13,16H,2,8-9,14-15H2,1H3,(H,23,25). The molecule has 0 aliphatic carbocycles. The Balaban J connectivity index is 1.65. The van der Waals surface area contributed by atoms with Gasteiger partial charge in [0.2, 0.25) is 0 Å². The van der Waals surface area contributed by atoms with Crippen LogP contribution in [0.25, 0.3) is 0 Å². The van der Waals surface area contributed by atoms with Crippen LogP contribution in [-0.4, -0.2) is 42.4 Å². The number of amides is 2. The van der Waals surface area contributed by atoms with E-state index in [1.165, 1.54) is 16.7 Å². The fourth-order valence-electron chi connectivity index (χ4n) is 3.21. The van der Waals surface area contributed by atoms with E-state index in [9.17, 15) is 14.4 Å². The van der Waals surface area contributed by atoms with Crippen molar-refractivity contribution in [3.05, 3.63) is 54.6 Å². The number of nitrogens with zero attached hydrogens (tertiary/aromatic N) is 1. The molecule has 1 heterocycles. The topological polar surface area (TPSA) is 75.7 Å². The van der Waals surface area contributed by atoms with Gasteiger partial charge in [-0.05, 0) is 44.0 Å². The minimum absolute atomic E-state index is 0.214. The first-order chi connectivity index (χ1) is 14.1. The quantitative estimate of drug-likeness (QED) is 0.600. The number of piperidine rings is 1. The molecule has 7 heteroatoms. The third-order valence-electron chi connectivity index (χ3n) is 4.63. The summed E-state index contributed by atoms with van der Waals surface area (Å²) in [6.07, 6.45) is 1.34. The highest BCUT2D eigenvalue weighted by Crippen LogP contribution is 2.33. The zero-order valence-electron chi connectivity index (χ0n) is 16.3. The van der Waals surface area contributed by atoms with Crippen molar-refractivity contribution >= 4 is 35.2 Å². The third kappa shape index (κ3) is 5.60. The van der Waals surface area contributed by atoms with E-state index in [1.807, 2.05) is 48.5 Å². The van der Waals surface area contributed by atoms with Crippen LogP contribution in [-0.2, 0) is 19.1 Å². The molecular formula is C22H24N2O4S. The summed E-state index contributed by atoms with van der Waals surface area (Å²) in [4.78, 5) is 40.5. The molecule has 1 saturated heterocycles. The number of para-hydroxylation sites is 1. The molecule has 0 spiro atoms. The molecule has 152 valence electrons. The number of carbonyl (C=O) groups excluding carboxylic acids is 3. The minimum Gasteiger partial charge on any atom is -0.466 e. The molecule has 0 bridgehead atoms. The lowest BCUT2D eigenvalue weighted by Crippen LogP contribution is -2.47. The molecule has 1 atom stereocenters. The Labute approximate surface area is 174 Å². The predicted octanol–water partition coefficient (Wildman–Crippen LogP) is 3.58. The summed E-state index contributed by atoms with van der Waals surface area (Å²) in [5, 5.41) is 2.73. The Morgan fingerprint density at radius 1 is 1.10 bits per heavy atom. The lowest BCUT2D eigenvalue weighted by molar-refractivity contribution is -0.153. The summed E-state index contributed by atoms with van der Waals surface area (Å²) in [6.45, 7) is 2.73. The zero-order chi connectivity index (χ0) is 20.6. The van der Waals surface area contributed by atoms with E-state index in [2.05, 4.69) is 5.32 Å². The van der Waals surface area contributed by atoms with E-state index in [0.717, 1.165) is 9.79 Å². The van der Waals surface area contributed by atoms with Gasteiger partial charge in [0.05, 0.1) is 18.2 Å². The first kappa shape index (κ1) is 20.9. The van der Waals surface area contributed by atoms with Gasteiger partial charge < -0.3 is 15.0 Å². The van der Waals surface area contributed by atoms with Crippen LogP contribution in [0.4, 0.5) is 5.69 Å². The molecule has 1 unspecified atom stereocenters. The van der Waals surface area contributed by atoms with E-state index >= 15 is 0 Å². The molecule has 0 radical (unpaired) electrons. The molecule has 2 aromatic rings. The second kappa shape index (κ2) is 10.1. The smallest absolute Gasteiger partial charge is 0.313 e. The van der Waals surface area contributed by atoms with Gasteiger partial charge in [0.25, 0.3) is 0 Å². The van der Waals surface area contributed by atoms with Crippen molar-refractivity contribution in [3.63, 3.8) is 0 Å². The number of hydrogen-bond acceptors (Lipinski definition) is 5. The zero-order valence-corrected chi connectivity index (χ0v) is 17.1. The van der Waals surface area contributed by atoms with Gasteiger partial charge in [0, 0.05) is 22.9 Å². The number of benzene rings is 2. The fourth-order valence-corrected chi connectivity index (χ4v) is 4.13. The SMILES string of the molecule is CCOC(=O)C1CCCN(C(=O)C(=O)Nc2ccccc2Sc2ccccc2)C1. The van der Waals surface area contributed by atoms with E-state index in [1.54, 1.807) is 13.0 Å². The molecule has 6 nitrogen and oxygen atoms in total. The highest BCUT2D eigenvalue weighted by Gasteiger charge is 2.32. The number of carbonyl (C=O) groups is 3. The highest BCUT2D eigenvalue weighted by atomic mass is 32.2. The fraction of sp³-hybridized carbons (Fsp3) is 0.318. The lowest BCUT2D eigenvalue weighted by atomic mass is 9.98. The lowest BCUT2D eigenvalue weighted by Gasteiger charge is -2.31. The van der Waals surface area contributed by atoms with Gasteiger partial charge in [-0.25, -0.2) is 0 Å². The molecule has 0 aromatic heterocycles. The van der Waals surface area contributed by atoms with Crippen molar-refractivity contribution in [3.8, 4) is 0 Å². The van der Waals surface area contributed by atoms with Crippen LogP contribution in [0.3, 0.4) is 0 Å². The van der Waals surface area contributed by atoms with Crippen LogP contribution in [0.2, 0.25) is 0 Å². The van der Waals surface area contributed by atoms with Gasteiger partial charge in [0.15, 0.2) is 0 Å². The van der Waals surface area contributed by atoms with Crippen LogP contribution in [0, 0.1) is 5.92 Å². The van der Waals surface area contributed by atoms with Crippen LogP contribution < -0.4 is 5.32 Å². The molecule has 1 aliphatic heterocycles. The molecule has 1 aliphatic rings. The molecule has 1 fully saturated rings. The van der Waals surface area contributed by atoms with Gasteiger partial charge in [0.1, 0.15) is 0 Å².